The van der Waals surface area contributed by atoms with Crippen molar-refractivity contribution in [1.82, 2.24) is 14.8 Å². The summed E-state index contributed by atoms with van der Waals surface area (Å²) in [4.78, 5) is 4.01. The lowest BCUT2D eigenvalue weighted by Gasteiger charge is -2.13. The predicted octanol–water partition coefficient (Wildman–Crippen LogP) is 2.94. The third kappa shape index (κ3) is 1.66. The van der Waals surface area contributed by atoms with E-state index < -0.39 is 6.17 Å². The highest BCUT2D eigenvalue weighted by atomic mass is 35.5. The van der Waals surface area contributed by atoms with Crippen molar-refractivity contribution in [3.63, 3.8) is 0 Å². The molecule has 0 saturated heterocycles. The quantitative estimate of drug-likeness (QED) is 0.840. The van der Waals surface area contributed by atoms with E-state index in [-0.39, 0.29) is 12.1 Å². The van der Waals surface area contributed by atoms with Gasteiger partial charge < -0.3 is 4.74 Å². The van der Waals surface area contributed by atoms with Gasteiger partial charge in [-0.25, -0.2) is 9.07 Å². The van der Waals surface area contributed by atoms with Gasteiger partial charge in [0.15, 0.2) is 12.0 Å². The van der Waals surface area contributed by atoms with Crippen LogP contribution in [0.3, 0.4) is 0 Å². The fourth-order valence-electron chi connectivity index (χ4n) is 2.25. The van der Waals surface area contributed by atoms with Crippen molar-refractivity contribution in [1.29, 1.82) is 0 Å². The lowest BCUT2D eigenvalue weighted by Crippen LogP contribution is -2.08. The Labute approximate surface area is 108 Å². The van der Waals surface area contributed by atoms with Crippen molar-refractivity contribution >= 4 is 11.6 Å². The first-order chi connectivity index (χ1) is 8.70. The van der Waals surface area contributed by atoms with Crippen LogP contribution in [0, 0.1) is 0 Å². The molecule has 3 rings (SSSR count). The van der Waals surface area contributed by atoms with E-state index in [0.717, 1.165) is 5.56 Å². The number of nitrogens with zero attached hydrogens (tertiary/aromatic N) is 3. The Balaban J connectivity index is 2.07. The Bertz CT molecular complexity index is 586. The molecule has 0 spiro atoms. The van der Waals surface area contributed by atoms with Gasteiger partial charge in [-0.2, -0.15) is 4.98 Å². The van der Waals surface area contributed by atoms with Crippen molar-refractivity contribution in [3.05, 3.63) is 40.7 Å². The maximum absolute atomic E-state index is 13.9. The van der Waals surface area contributed by atoms with Crippen LogP contribution in [0.5, 0.6) is 6.01 Å². The molecule has 0 radical (unpaired) electrons. The third-order valence-electron chi connectivity index (χ3n) is 3.09. The Morgan fingerprint density at radius 3 is 2.94 bits per heavy atom. The van der Waals surface area contributed by atoms with Crippen LogP contribution in [-0.2, 0) is 0 Å². The molecule has 2 aromatic rings. The first-order valence-corrected chi connectivity index (χ1v) is 5.97. The zero-order valence-electron chi connectivity index (χ0n) is 9.68. The third-order valence-corrected chi connectivity index (χ3v) is 3.43. The SMILES string of the molecule is COc1nc2n(n1)C(c1ccccc1Cl)CC2F. The minimum atomic E-state index is -1.14. The van der Waals surface area contributed by atoms with Crippen LogP contribution in [0.25, 0.3) is 0 Å². The zero-order chi connectivity index (χ0) is 12.7. The number of fused-ring (bicyclic) bond motifs is 1. The molecule has 2 heterocycles. The number of halogens is 2. The highest BCUT2D eigenvalue weighted by molar-refractivity contribution is 6.31. The number of aromatic nitrogens is 3. The van der Waals surface area contributed by atoms with E-state index in [1.54, 1.807) is 10.7 Å². The van der Waals surface area contributed by atoms with E-state index in [1.165, 1.54) is 7.11 Å². The van der Waals surface area contributed by atoms with Crippen LogP contribution >= 0.6 is 11.6 Å². The average molecular weight is 268 g/mol. The van der Waals surface area contributed by atoms with Crippen molar-refractivity contribution in [3.8, 4) is 6.01 Å². The van der Waals surface area contributed by atoms with Crippen LogP contribution in [0.15, 0.2) is 24.3 Å². The maximum atomic E-state index is 13.9. The number of hydrogen-bond donors (Lipinski definition) is 0. The van der Waals surface area contributed by atoms with Gasteiger partial charge in [0.1, 0.15) is 0 Å². The molecule has 2 unspecified atom stereocenters. The molecular formula is C12H11ClFN3O. The molecule has 1 aromatic carbocycles. The predicted molar refractivity (Wildman–Crippen MR) is 64.6 cm³/mol. The smallest absolute Gasteiger partial charge is 0.335 e. The summed E-state index contributed by atoms with van der Waals surface area (Å²) in [7, 11) is 1.46. The van der Waals surface area contributed by atoms with E-state index in [4.69, 9.17) is 16.3 Å². The molecule has 1 aliphatic rings. The zero-order valence-corrected chi connectivity index (χ0v) is 10.4. The second kappa shape index (κ2) is 4.24. The van der Waals surface area contributed by atoms with Crippen LogP contribution in [-0.4, -0.2) is 21.9 Å². The van der Waals surface area contributed by atoms with Crippen LogP contribution < -0.4 is 4.74 Å². The number of hydrogen-bond acceptors (Lipinski definition) is 3. The van der Waals surface area contributed by atoms with Gasteiger partial charge in [0, 0.05) is 11.4 Å². The summed E-state index contributed by atoms with van der Waals surface area (Å²) in [5.74, 6) is 0.303. The van der Waals surface area contributed by atoms with Gasteiger partial charge in [0.25, 0.3) is 0 Å². The summed E-state index contributed by atoms with van der Waals surface area (Å²) in [6.07, 6.45) is -0.828. The molecule has 0 fully saturated rings. The van der Waals surface area contributed by atoms with Crippen molar-refractivity contribution in [2.24, 2.45) is 0 Å². The van der Waals surface area contributed by atoms with E-state index in [9.17, 15) is 4.39 Å². The number of methoxy groups -OCH3 is 1. The lowest BCUT2D eigenvalue weighted by atomic mass is 10.0. The molecule has 6 heteroatoms. The fourth-order valence-corrected chi connectivity index (χ4v) is 2.51. The molecule has 1 aliphatic heterocycles. The van der Waals surface area contributed by atoms with Gasteiger partial charge in [0.05, 0.1) is 13.2 Å². The van der Waals surface area contributed by atoms with Crippen LogP contribution in [0.4, 0.5) is 4.39 Å². The normalized spacial score (nSPS) is 21.9. The van der Waals surface area contributed by atoms with Gasteiger partial charge in [-0.15, -0.1) is 5.10 Å². The second-order valence-electron chi connectivity index (χ2n) is 4.14. The molecular weight excluding hydrogens is 257 g/mol. The number of alkyl halides is 1. The topological polar surface area (TPSA) is 39.9 Å². The second-order valence-corrected chi connectivity index (χ2v) is 4.55. The molecule has 18 heavy (non-hydrogen) atoms. The van der Waals surface area contributed by atoms with Crippen LogP contribution in [0.2, 0.25) is 5.02 Å². The Morgan fingerprint density at radius 2 is 2.22 bits per heavy atom. The molecule has 94 valence electrons. The minimum Gasteiger partial charge on any atom is -0.466 e. The largest absolute Gasteiger partial charge is 0.466 e. The van der Waals surface area contributed by atoms with E-state index in [2.05, 4.69) is 10.1 Å². The monoisotopic (exact) mass is 267 g/mol. The van der Waals surface area contributed by atoms with E-state index in [0.29, 0.717) is 17.3 Å². The van der Waals surface area contributed by atoms with Crippen molar-refractivity contribution < 1.29 is 9.13 Å². The molecule has 0 bridgehead atoms. The van der Waals surface area contributed by atoms with Crippen LogP contribution in [0.1, 0.15) is 30.0 Å². The molecule has 0 N–H and O–H groups in total. The maximum Gasteiger partial charge on any atom is 0.335 e. The Morgan fingerprint density at radius 1 is 1.44 bits per heavy atom. The van der Waals surface area contributed by atoms with Gasteiger partial charge in [-0.05, 0) is 11.6 Å². The van der Waals surface area contributed by atoms with E-state index >= 15 is 0 Å². The first-order valence-electron chi connectivity index (χ1n) is 5.59. The summed E-state index contributed by atoms with van der Waals surface area (Å²) < 4.78 is 20.4. The van der Waals surface area contributed by atoms with Gasteiger partial charge in [-0.1, -0.05) is 29.8 Å². The standard InChI is InChI=1S/C12H11ClFN3O/c1-18-12-15-11-9(14)6-10(17(11)16-12)7-4-2-3-5-8(7)13/h2-5,9-10H,6H2,1H3. The van der Waals surface area contributed by atoms with Gasteiger partial charge >= 0.3 is 6.01 Å². The minimum absolute atomic E-state index is 0.185. The molecule has 0 aliphatic carbocycles. The number of rotatable bonds is 2. The number of ether oxygens (including phenoxy) is 1. The first kappa shape index (κ1) is 11.5. The molecule has 4 nitrogen and oxygen atoms in total. The summed E-state index contributed by atoms with van der Waals surface area (Å²) in [6, 6.07) is 7.35. The highest BCUT2D eigenvalue weighted by Crippen LogP contribution is 2.41. The molecule has 0 saturated carbocycles. The summed E-state index contributed by atoms with van der Waals surface area (Å²) in [5.41, 5.74) is 0.855. The van der Waals surface area contributed by atoms with Gasteiger partial charge in [-0.3, -0.25) is 0 Å². The lowest BCUT2D eigenvalue weighted by molar-refractivity contribution is 0.319. The van der Waals surface area contributed by atoms with E-state index in [1.807, 2.05) is 18.2 Å². The summed E-state index contributed by atoms with van der Waals surface area (Å²) in [6.45, 7) is 0. The van der Waals surface area contributed by atoms with Gasteiger partial charge in [0.2, 0.25) is 0 Å². The average Bonchev–Trinajstić information content (AvgIpc) is 2.91. The summed E-state index contributed by atoms with van der Waals surface area (Å²) in [5, 5.41) is 4.75. The molecule has 1 aromatic heterocycles. The Hall–Kier alpha value is -1.62. The summed E-state index contributed by atoms with van der Waals surface area (Å²) >= 11 is 6.14. The highest BCUT2D eigenvalue weighted by Gasteiger charge is 2.36. The fraction of sp³-hybridized carbons (Fsp3) is 0.333. The number of benzene rings is 1. The molecule has 0 amide bonds. The van der Waals surface area contributed by atoms with Crippen molar-refractivity contribution in [2.45, 2.75) is 18.6 Å². The Kier molecular flexibility index (Phi) is 2.70. The van der Waals surface area contributed by atoms with Crippen molar-refractivity contribution in [2.75, 3.05) is 7.11 Å². The molecule has 2 atom stereocenters.